The summed E-state index contributed by atoms with van der Waals surface area (Å²) in [6, 6.07) is 13.2. The number of pyridine rings is 1. The zero-order valence-corrected chi connectivity index (χ0v) is 13.1. The van der Waals surface area contributed by atoms with E-state index in [9.17, 15) is 0 Å². The van der Waals surface area contributed by atoms with Gasteiger partial charge in [0.05, 0.1) is 5.52 Å². The van der Waals surface area contributed by atoms with Gasteiger partial charge in [0.25, 0.3) is 0 Å². The van der Waals surface area contributed by atoms with E-state index < -0.39 is 0 Å². The topological polar surface area (TPSA) is 24.9 Å². The summed E-state index contributed by atoms with van der Waals surface area (Å²) in [5, 5.41) is 4.71. The summed E-state index contributed by atoms with van der Waals surface area (Å²) < 4.78 is 0. The van der Waals surface area contributed by atoms with Crippen LogP contribution >= 0.6 is 0 Å². The largest absolute Gasteiger partial charge is 0.315 e. The summed E-state index contributed by atoms with van der Waals surface area (Å²) >= 11 is 0. The minimum atomic E-state index is 0.261. The molecule has 1 heterocycles. The maximum absolute atomic E-state index is 4.79. The van der Waals surface area contributed by atoms with E-state index in [0.717, 1.165) is 24.9 Å². The molecule has 0 amide bonds. The van der Waals surface area contributed by atoms with Gasteiger partial charge in [0.2, 0.25) is 0 Å². The molecule has 0 radical (unpaired) electrons. The van der Waals surface area contributed by atoms with Crippen molar-refractivity contribution < 1.29 is 0 Å². The van der Waals surface area contributed by atoms with E-state index in [0.29, 0.717) is 6.04 Å². The van der Waals surface area contributed by atoms with Gasteiger partial charge in [-0.3, -0.25) is 4.98 Å². The average Bonchev–Trinajstić information content (AvgIpc) is 2.37. The van der Waals surface area contributed by atoms with Gasteiger partial charge in [-0.05, 0) is 43.9 Å². The maximum Gasteiger partial charge on any atom is 0.0705 e. The lowest BCUT2D eigenvalue weighted by Crippen LogP contribution is -2.32. The standard InChI is InChI=1S/C18H26N2/c1-5-19-14(2)12-18(3,4)13-16-11-10-15-8-6-7-9-17(15)20-16/h6-11,14,19H,5,12-13H2,1-4H3. The molecule has 2 heteroatoms. The summed E-state index contributed by atoms with van der Waals surface area (Å²) in [5.41, 5.74) is 2.55. The molecule has 2 rings (SSSR count). The molecule has 0 aliphatic heterocycles. The fourth-order valence-corrected chi connectivity index (χ4v) is 3.02. The molecule has 0 spiro atoms. The highest BCUT2D eigenvalue weighted by Crippen LogP contribution is 2.27. The number of fused-ring (bicyclic) bond motifs is 1. The number of nitrogens with one attached hydrogen (secondary N) is 1. The summed E-state index contributed by atoms with van der Waals surface area (Å²) in [7, 11) is 0. The Morgan fingerprint density at radius 3 is 2.65 bits per heavy atom. The third-order valence-corrected chi connectivity index (χ3v) is 3.73. The van der Waals surface area contributed by atoms with Gasteiger partial charge in [0.1, 0.15) is 0 Å². The van der Waals surface area contributed by atoms with Crippen LogP contribution in [0.5, 0.6) is 0 Å². The normalized spacial score (nSPS) is 13.6. The van der Waals surface area contributed by atoms with E-state index in [4.69, 9.17) is 4.98 Å². The fraction of sp³-hybridized carbons (Fsp3) is 0.500. The Hall–Kier alpha value is -1.41. The van der Waals surface area contributed by atoms with Gasteiger partial charge in [-0.2, -0.15) is 0 Å². The zero-order valence-electron chi connectivity index (χ0n) is 13.1. The van der Waals surface area contributed by atoms with Crippen LogP contribution in [0.1, 0.15) is 39.8 Å². The van der Waals surface area contributed by atoms with Crippen molar-refractivity contribution in [2.45, 2.75) is 46.6 Å². The van der Waals surface area contributed by atoms with Crippen LogP contribution in [0.2, 0.25) is 0 Å². The molecule has 2 nitrogen and oxygen atoms in total. The maximum atomic E-state index is 4.79. The minimum absolute atomic E-state index is 0.261. The molecule has 0 fully saturated rings. The second-order valence-corrected chi connectivity index (χ2v) is 6.50. The zero-order chi connectivity index (χ0) is 14.6. The molecule has 0 saturated carbocycles. The first-order valence-corrected chi connectivity index (χ1v) is 7.58. The molecule has 1 aromatic carbocycles. The first-order valence-electron chi connectivity index (χ1n) is 7.58. The smallest absolute Gasteiger partial charge is 0.0705 e. The van der Waals surface area contributed by atoms with Crippen molar-refractivity contribution in [3.8, 4) is 0 Å². The lowest BCUT2D eigenvalue weighted by molar-refractivity contribution is 0.286. The van der Waals surface area contributed by atoms with Crippen LogP contribution in [-0.4, -0.2) is 17.6 Å². The second kappa shape index (κ2) is 6.36. The van der Waals surface area contributed by atoms with Gasteiger partial charge in [-0.15, -0.1) is 0 Å². The molecule has 0 aliphatic rings. The third kappa shape index (κ3) is 4.04. The summed E-state index contributed by atoms with van der Waals surface area (Å²) in [5.74, 6) is 0. The van der Waals surface area contributed by atoms with Crippen molar-refractivity contribution >= 4 is 10.9 Å². The van der Waals surface area contributed by atoms with Gasteiger partial charge in [0.15, 0.2) is 0 Å². The Balaban J connectivity index is 2.10. The number of hydrogen-bond donors (Lipinski definition) is 1. The summed E-state index contributed by atoms with van der Waals surface area (Å²) in [4.78, 5) is 4.79. The molecule has 20 heavy (non-hydrogen) atoms. The first-order chi connectivity index (χ1) is 9.50. The van der Waals surface area contributed by atoms with Crippen molar-refractivity contribution in [1.82, 2.24) is 10.3 Å². The van der Waals surface area contributed by atoms with E-state index in [1.54, 1.807) is 0 Å². The van der Waals surface area contributed by atoms with E-state index in [1.165, 1.54) is 11.1 Å². The van der Waals surface area contributed by atoms with Gasteiger partial charge in [-0.1, -0.05) is 45.0 Å². The number of hydrogen-bond acceptors (Lipinski definition) is 2. The number of nitrogens with zero attached hydrogens (tertiary/aromatic N) is 1. The van der Waals surface area contributed by atoms with Crippen LogP contribution in [-0.2, 0) is 6.42 Å². The lowest BCUT2D eigenvalue weighted by atomic mass is 9.81. The summed E-state index contributed by atoms with van der Waals surface area (Å²) in [6.07, 6.45) is 2.18. The molecule has 1 unspecified atom stereocenters. The second-order valence-electron chi connectivity index (χ2n) is 6.50. The van der Waals surface area contributed by atoms with Crippen LogP contribution in [0.3, 0.4) is 0 Å². The Morgan fingerprint density at radius 1 is 1.15 bits per heavy atom. The molecule has 108 valence electrons. The number of para-hydroxylation sites is 1. The van der Waals surface area contributed by atoms with Crippen molar-refractivity contribution in [2.75, 3.05) is 6.54 Å². The van der Waals surface area contributed by atoms with Crippen molar-refractivity contribution in [2.24, 2.45) is 5.41 Å². The van der Waals surface area contributed by atoms with E-state index in [-0.39, 0.29) is 5.41 Å². The van der Waals surface area contributed by atoms with Crippen molar-refractivity contribution in [3.05, 3.63) is 42.1 Å². The highest BCUT2D eigenvalue weighted by Gasteiger charge is 2.22. The first kappa shape index (κ1) is 15.0. The number of benzene rings is 1. The van der Waals surface area contributed by atoms with Crippen LogP contribution in [0.15, 0.2) is 36.4 Å². The molecule has 0 saturated heterocycles. The van der Waals surface area contributed by atoms with E-state index >= 15 is 0 Å². The Morgan fingerprint density at radius 2 is 1.90 bits per heavy atom. The average molecular weight is 270 g/mol. The quantitative estimate of drug-likeness (QED) is 0.851. The Kier molecular flexibility index (Phi) is 4.77. The Bertz CT molecular complexity index is 560. The number of aromatic nitrogens is 1. The van der Waals surface area contributed by atoms with Crippen LogP contribution in [0.4, 0.5) is 0 Å². The highest BCUT2D eigenvalue weighted by molar-refractivity contribution is 5.78. The Labute approximate surface area is 122 Å². The molecule has 1 atom stereocenters. The van der Waals surface area contributed by atoms with Gasteiger partial charge >= 0.3 is 0 Å². The monoisotopic (exact) mass is 270 g/mol. The lowest BCUT2D eigenvalue weighted by Gasteiger charge is -2.28. The number of rotatable bonds is 6. The molecular weight excluding hydrogens is 244 g/mol. The van der Waals surface area contributed by atoms with Crippen molar-refractivity contribution in [3.63, 3.8) is 0 Å². The predicted octanol–water partition coefficient (Wildman–Crippen LogP) is 4.19. The molecule has 0 aliphatic carbocycles. The fourth-order valence-electron chi connectivity index (χ4n) is 3.02. The molecule has 2 aromatic rings. The van der Waals surface area contributed by atoms with Crippen LogP contribution < -0.4 is 5.32 Å². The van der Waals surface area contributed by atoms with E-state index in [1.807, 2.05) is 0 Å². The van der Waals surface area contributed by atoms with Crippen LogP contribution in [0, 0.1) is 5.41 Å². The van der Waals surface area contributed by atoms with E-state index in [2.05, 4.69) is 69.4 Å². The molecule has 1 aromatic heterocycles. The molecule has 1 N–H and O–H groups in total. The van der Waals surface area contributed by atoms with Crippen LogP contribution in [0.25, 0.3) is 10.9 Å². The predicted molar refractivity (Wildman–Crippen MR) is 87.0 cm³/mol. The SMILES string of the molecule is CCNC(C)CC(C)(C)Cc1ccc2ccccc2n1. The molecular formula is C18H26N2. The van der Waals surface area contributed by atoms with Gasteiger partial charge in [-0.25, -0.2) is 0 Å². The van der Waals surface area contributed by atoms with Crippen molar-refractivity contribution in [1.29, 1.82) is 0 Å². The highest BCUT2D eigenvalue weighted by atomic mass is 14.9. The third-order valence-electron chi connectivity index (χ3n) is 3.73. The van der Waals surface area contributed by atoms with Gasteiger partial charge in [0, 0.05) is 17.1 Å². The summed E-state index contributed by atoms with van der Waals surface area (Å²) in [6.45, 7) is 10.1. The molecule has 0 bridgehead atoms. The minimum Gasteiger partial charge on any atom is -0.315 e. The van der Waals surface area contributed by atoms with Gasteiger partial charge < -0.3 is 5.32 Å².